The monoisotopic (exact) mass is 417 g/mol. The van der Waals surface area contributed by atoms with Crippen LogP contribution >= 0.6 is 43.6 Å². The molecular weight excluding hydrogens is 406 g/mol. The van der Waals surface area contributed by atoms with Crippen molar-refractivity contribution in [2.24, 2.45) is 5.92 Å². The maximum Gasteiger partial charge on any atom is 0.293 e. The molecule has 3 nitrogen and oxygen atoms in total. The van der Waals surface area contributed by atoms with E-state index in [-0.39, 0.29) is 17.1 Å². The lowest BCUT2D eigenvalue weighted by molar-refractivity contribution is -0.123. The predicted molar refractivity (Wildman–Crippen MR) is 89.4 cm³/mol. The molecule has 1 heterocycles. The molecule has 2 rings (SSSR count). The summed E-state index contributed by atoms with van der Waals surface area (Å²) in [6.07, 6.45) is 1.75. The van der Waals surface area contributed by atoms with Crippen LogP contribution in [-0.2, 0) is 4.79 Å². The summed E-state index contributed by atoms with van der Waals surface area (Å²) in [5, 5.41) is -0.191. The van der Waals surface area contributed by atoms with Crippen LogP contribution < -0.4 is 0 Å². The standard InChI is InChI=1S/C14H13Br2NO2S/c1-8(2)7-17-13(18)12(20-14(17)19)5-9-3-10(15)6-11(16)4-9/h3-6,8H,7H2,1-2H3. The van der Waals surface area contributed by atoms with Crippen molar-refractivity contribution in [3.8, 4) is 0 Å². The molecule has 0 aliphatic carbocycles. The molecule has 0 saturated carbocycles. The van der Waals surface area contributed by atoms with Crippen molar-refractivity contribution in [2.75, 3.05) is 6.54 Å². The third-order valence-corrected chi connectivity index (χ3v) is 4.43. The van der Waals surface area contributed by atoms with E-state index in [2.05, 4.69) is 31.9 Å². The van der Waals surface area contributed by atoms with Crippen LogP contribution in [0.15, 0.2) is 32.0 Å². The van der Waals surface area contributed by atoms with Gasteiger partial charge in [-0.15, -0.1) is 0 Å². The molecule has 0 aromatic heterocycles. The summed E-state index contributed by atoms with van der Waals surface area (Å²) in [6, 6.07) is 5.73. The molecular formula is C14H13Br2NO2S. The van der Waals surface area contributed by atoms with Gasteiger partial charge in [0.05, 0.1) is 4.91 Å². The van der Waals surface area contributed by atoms with Crippen LogP contribution in [0.25, 0.3) is 6.08 Å². The smallest absolute Gasteiger partial charge is 0.268 e. The second-order valence-corrected chi connectivity index (χ2v) is 7.71. The minimum Gasteiger partial charge on any atom is -0.268 e. The molecule has 20 heavy (non-hydrogen) atoms. The molecule has 2 amide bonds. The second kappa shape index (κ2) is 6.45. The Balaban J connectivity index is 2.27. The zero-order valence-corrected chi connectivity index (χ0v) is 15.0. The summed E-state index contributed by atoms with van der Waals surface area (Å²) < 4.78 is 1.83. The normalized spacial score (nSPS) is 17.6. The zero-order valence-electron chi connectivity index (χ0n) is 11.0. The minimum atomic E-state index is -0.204. The van der Waals surface area contributed by atoms with Crippen molar-refractivity contribution in [2.45, 2.75) is 13.8 Å². The molecule has 0 bridgehead atoms. The molecule has 1 aliphatic rings. The largest absolute Gasteiger partial charge is 0.293 e. The first kappa shape index (κ1) is 15.8. The highest BCUT2D eigenvalue weighted by Gasteiger charge is 2.35. The van der Waals surface area contributed by atoms with Crippen molar-refractivity contribution >= 4 is 60.8 Å². The van der Waals surface area contributed by atoms with Crippen LogP contribution in [-0.4, -0.2) is 22.6 Å². The SMILES string of the molecule is CC(C)CN1C(=O)SC(=Cc2cc(Br)cc(Br)c2)C1=O. The average Bonchev–Trinajstić information content (AvgIpc) is 2.55. The van der Waals surface area contributed by atoms with Crippen LogP contribution in [0.3, 0.4) is 0 Å². The van der Waals surface area contributed by atoms with Crippen molar-refractivity contribution in [1.29, 1.82) is 0 Å². The van der Waals surface area contributed by atoms with Crippen LogP contribution in [0, 0.1) is 5.92 Å². The number of thioether (sulfide) groups is 1. The Hall–Kier alpha value is -0.590. The Morgan fingerprint density at radius 2 is 1.80 bits per heavy atom. The molecule has 1 aliphatic heterocycles. The first-order valence-corrected chi connectivity index (χ1v) is 8.48. The molecule has 1 fully saturated rings. The molecule has 1 saturated heterocycles. The topological polar surface area (TPSA) is 37.4 Å². The van der Waals surface area contributed by atoms with Crippen LogP contribution in [0.4, 0.5) is 4.79 Å². The summed E-state index contributed by atoms with van der Waals surface area (Å²) >= 11 is 7.81. The fraction of sp³-hybridized carbons (Fsp3) is 0.286. The Bertz CT molecular complexity index is 579. The van der Waals surface area contributed by atoms with Gasteiger partial charge in [-0.25, -0.2) is 0 Å². The number of hydrogen-bond acceptors (Lipinski definition) is 3. The molecule has 0 unspecified atom stereocenters. The third kappa shape index (κ3) is 3.74. The van der Waals surface area contributed by atoms with E-state index < -0.39 is 0 Å². The summed E-state index contributed by atoms with van der Waals surface area (Å²) in [7, 11) is 0. The van der Waals surface area contributed by atoms with E-state index >= 15 is 0 Å². The maximum absolute atomic E-state index is 12.2. The van der Waals surface area contributed by atoms with Gasteiger partial charge in [-0.2, -0.15) is 0 Å². The average molecular weight is 419 g/mol. The Kier molecular flexibility index (Phi) is 5.09. The first-order valence-electron chi connectivity index (χ1n) is 6.08. The van der Waals surface area contributed by atoms with E-state index in [1.807, 2.05) is 32.0 Å². The number of carbonyl (C=O) groups excluding carboxylic acids is 2. The van der Waals surface area contributed by atoms with E-state index in [9.17, 15) is 9.59 Å². The molecule has 106 valence electrons. The van der Waals surface area contributed by atoms with Crippen molar-refractivity contribution < 1.29 is 9.59 Å². The van der Waals surface area contributed by atoms with E-state index in [1.165, 1.54) is 4.90 Å². The number of imide groups is 1. The quantitative estimate of drug-likeness (QED) is 0.654. The lowest BCUT2D eigenvalue weighted by Gasteiger charge is -2.14. The van der Waals surface area contributed by atoms with E-state index in [0.717, 1.165) is 26.3 Å². The highest BCUT2D eigenvalue weighted by atomic mass is 79.9. The molecule has 0 radical (unpaired) electrons. The number of benzene rings is 1. The lowest BCUT2D eigenvalue weighted by Crippen LogP contribution is -2.31. The predicted octanol–water partition coefficient (Wildman–Crippen LogP) is 4.90. The van der Waals surface area contributed by atoms with Gasteiger partial charge in [-0.05, 0) is 47.5 Å². The number of hydrogen-bond donors (Lipinski definition) is 0. The molecule has 1 aromatic rings. The molecule has 0 spiro atoms. The highest BCUT2D eigenvalue weighted by molar-refractivity contribution is 9.11. The summed E-state index contributed by atoms with van der Waals surface area (Å²) in [4.78, 5) is 25.9. The molecule has 1 aromatic carbocycles. The van der Waals surface area contributed by atoms with Crippen molar-refractivity contribution in [1.82, 2.24) is 4.90 Å². The van der Waals surface area contributed by atoms with Gasteiger partial charge in [0.15, 0.2) is 0 Å². The van der Waals surface area contributed by atoms with Crippen LogP contribution in [0.1, 0.15) is 19.4 Å². The van der Waals surface area contributed by atoms with Crippen molar-refractivity contribution in [3.63, 3.8) is 0 Å². The summed E-state index contributed by atoms with van der Waals surface area (Å²) in [5.41, 5.74) is 0.876. The van der Waals surface area contributed by atoms with Gasteiger partial charge < -0.3 is 0 Å². The first-order chi connectivity index (χ1) is 9.36. The molecule has 0 N–H and O–H groups in total. The highest BCUT2D eigenvalue weighted by Crippen LogP contribution is 2.33. The molecule has 0 atom stereocenters. The van der Waals surface area contributed by atoms with Gasteiger partial charge in [0.2, 0.25) is 0 Å². The Morgan fingerprint density at radius 3 is 2.35 bits per heavy atom. The fourth-order valence-corrected chi connectivity index (χ4v) is 4.01. The number of halogens is 2. The lowest BCUT2D eigenvalue weighted by atomic mass is 10.2. The van der Waals surface area contributed by atoms with Gasteiger partial charge in [0.25, 0.3) is 11.1 Å². The summed E-state index contributed by atoms with van der Waals surface area (Å²) in [6.45, 7) is 4.43. The van der Waals surface area contributed by atoms with Gasteiger partial charge in [0, 0.05) is 15.5 Å². The van der Waals surface area contributed by atoms with E-state index in [1.54, 1.807) is 6.08 Å². The van der Waals surface area contributed by atoms with Crippen molar-refractivity contribution in [3.05, 3.63) is 37.6 Å². The number of carbonyl (C=O) groups is 2. The van der Waals surface area contributed by atoms with E-state index in [4.69, 9.17) is 0 Å². The fourth-order valence-electron chi connectivity index (χ4n) is 1.83. The Morgan fingerprint density at radius 1 is 1.20 bits per heavy atom. The second-order valence-electron chi connectivity index (χ2n) is 4.89. The van der Waals surface area contributed by atoms with Gasteiger partial charge in [0.1, 0.15) is 0 Å². The van der Waals surface area contributed by atoms with Gasteiger partial charge in [-0.3, -0.25) is 14.5 Å². The number of nitrogens with zero attached hydrogens (tertiary/aromatic N) is 1. The Labute approximate surface area is 139 Å². The summed E-state index contributed by atoms with van der Waals surface area (Å²) in [5.74, 6) is 0.0627. The zero-order chi connectivity index (χ0) is 14.9. The minimum absolute atomic E-state index is 0.191. The third-order valence-electron chi connectivity index (χ3n) is 2.60. The van der Waals surface area contributed by atoms with Crippen LogP contribution in [0.2, 0.25) is 0 Å². The number of rotatable bonds is 3. The van der Waals surface area contributed by atoms with E-state index in [0.29, 0.717) is 11.4 Å². The van der Waals surface area contributed by atoms with Crippen LogP contribution in [0.5, 0.6) is 0 Å². The van der Waals surface area contributed by atoms with Gasteiger partial charge in [-0.1, -0.05) is 45.7 Å². The molecule has 6 heteroatoms. The maximum atomic E-state index is 12.2. The number of amides is 2. The van der Waals surface area contributed by atoms with Gasteiger partial charge >= 0.3 is 0 Å².